The van der Waals surface area contributed by atoms with Gasteiger partial charge in [0.15, 0.2) is 0 Å². The van der Waals surface area contributed by atoms with Crippen LogP contribution in [0.15, 0.2) is 24.3 Å². The lowest BCUT2D eigenvalue weighted by Crippen LogP contribution is -2.15. The summed E-state index contributed by atoms with van der Waals surface area (Å²) in [5.41, 5.74) is 12.1. The molecule has 84 valence electrons. The summed E-state index contributed by atoms with van der Waals surface area (Å²) >= 11 is 0. The number of halogens is 1. The zero-order chi connectivity index (χ0) is 10.6. The molecular formula is C9H14ClN3O2. The molecule has 0 aliphatic carbocycles. The molecule has 0 aliphatic heterocycles. The third-order valence-corrected chi connectivity index (χ3v) is 2.01. The Balaban J connectivity index is 0.00000196. The third-order valence-electron chi connectivity index (χ3n) is 2.01. The average molecular weight is 232 g/mol. The van der Waals surface area contributed by atoms with Crippen LogP contribution in [0.25, 0.3) is 0 Å². The van der Waals surface area contributed by atoms with Crippen LogP contribution < -0.4 is 11.5 Å². The first-order chi connectivity index (χ1) is 6.65. The van der Waals surface area contributed by atoms with Crippen molar-refractivity contribution >= 4 is 18.1 Å². The zero-order valence-corrected chi connectivity index (χ0v) is 8.94. The van der Waals surface area contributed by atoms with E-state index >= 15 is 0 Å². The highest BCUT2D eigenvalue weighted by Crippen LogP contribution is 2.17. The Hall–Kier alpha value is -1.17. The molecule has 5 nitrogen and oxygen atoms in total. The summed E-state index contributed by atoms with van der Waals surface area (Å²) in [4.78, 5) is 9.93. The molecule has 0 aromatic heterocycles. The quantitative estimate of drug-likeness (QED) is 0.604. The van der Waals surface area contributed by atoms with Gasteiger partial charge in [-0.15, -0.1) is 12.4 Å². The largest absolute Gasteiger partial charge is 0.330 e. The first kappa shape index (κ1) is 13.8. The van der Waals surface area contributed by atoms with Crippen LogP contribution >= 0.6 is 12.4 Å². The highest BCUT2D eigenvalue weighted by atomic mass is 35.5. The van der Waals surface area contributed by atoms with Crippen LogP contribution in [0.4, 0.5) is 5.69 Å². The molecule has 15 heavy (non-hydrogen) atoms. The Morgan fingerprint density at radius 2 is 1.87 bits per heavy atom. The predicted octanol–water partition coefficient (Wildman–Crippen LogP) is 1.37. The standard InChI is InChI=1S/C9H13N3O2.ClH/c10-6-5-9(11)7-1-3-8(4-2-7)12(13)14;/h1-4,9H,5-6,10-11H2;1H/t9-;/m1./s1. The third kappa shape index (κ3) is 3.83. The van der Waals surface area contributed by atoms with Crippen molar-refractivity contribution in [1.29, 1.82) is 0 Å². The van der Waals surface area contributed by atoms with Gasteiger partial charge < -0.3 is 11.5 Å². The Kier molecular flexibility index (Phi) is 5.84. The topological polar surface area (TPSA) is 95.2 Å². The van der Waals surface area contributed by atoms with E-state index in [2.05, 4.69) is 0 Å². The number of hydrogen-bond donors (Lipinski definition) is 2. The average Bonchev–Trinajstić information content (AvgIpc) is 2.18. The number of nitrogens with two attached hydrogens (primary N) is 2. The van der Waals surface area contributed by atoms with E-state index in [4.69, 9.17) is 11.5 Å². The van der Waals surface area contributed by atoms with E-state index in [1.54, 1.807) is 12.1 Å². The number of rotatable bonds is 4. The normalized spacial score (nSPS) is 11.6. The van der Waals surface area contributed by atoms with Crippen molar-refractivity contribution < 1.29 is 4.92 Å². The summed E-state index contributed by atoms with van der Waals surface area (Å²) in [7, 11) is 0. The Morgan fingerprint density at radius 3 is 2.27 bits per heavy atom. The van der Waals surface area contributed by atoms with Crippen molar-refractivity contribution in [3.8, 4) is 0 Å². The number of nitro groups is 1. The van der Waals surface area contributed by atoms with Crippen molar-refractivity contribution in [2.45, 2.75) is 12.5 Å². The molecule has 1 aromatic carbocycles. The van der Waals surface area contributed by atoms with Crippen molar-refractivity contribution in [2.75, 3.05) is 6.54 Å². The summed E-state index contributed by atoms with van der Waals surface area (Å²) < 4.78 is 0. The van der Waals surface area contributed by atoms with Gasteiger partial charge in [-0.1, -0.05) is 12.1 Å². The van der Waals surface area contributed by atoms with Gasteiger partial charge in [-0.05, 0) is 18.5 Å². The van der Waals surface area contributed by atoms with Crippen LogP contribution in [0.1, 0.15) is 18.0 Å². The maximum atomic E-state index is 10.4. The minimum atomic E-state index is -0.432. The molecule has 0 amide bonds. The molecule has 1 aromatic rings. The number of nitro benzene ring substituents is 1. The second-order valence-corrected chi connectivity index (χ2v) is 3.03. The van der Waals surface area contributed by atoms with Crippen molar-refractivity contribution in [1.82, 2.24) is 0 Å². The molecule has 1 atom stereocenters. The van der Waals surface area contributed by atoms with E-state index in [1.807, 2.05) is 0 Å². The molecule has 6 heteroatoms. The first-order valence-corrected chi connectivity index (χ1v) is 4.35. The maximum Gasteiger partial charge on any atom is 0.269 e. The molecule has 0 saturated carbocycles. The second-order valence-electron chi connectivity index (χ2n) is 3.03. The van der Waals surface area contributed by atoms with Crippen LogP contribution in [-0.4, -0.2) is 11.5 Å². The lowest BCUT2D eigenvalue weighted by Gasteiger charge is -2.09. The van der Waals surface area contributed by atoms with E-state index in [0.717, 1.165) is 5.56 Å². The molecule has 0 saturated heterocycles. The maximum absolute atomic E-state index is 10.4. The molecule has 0 spiro atoms. The van der Waals surface area contributed by atoms with Gasteiger partial charge in [0.2, 0.25) is 0 Å². The summed E-state index contributed by atoms with van der Waals surface area (Å²) in [6, 6.07) is 6.09. The van der Waals surface area contributed by atoms with Gasteiger partial charge in [0.05, 0.1) is 4.92 Å². The van der Waals surface area contributed by atoms with Crippen LogP contribution in [0.2, 0.25) is 0 Å². The Bertz CT molecular complexity index is 316. The number of non-ortho nitro benzene ring substituents is 1. The van der Waals surface area contributed by atoms with Crippen molar-refractivity contribution in [2.24, 2.45) is 11.5 Å². The van der Waals surface area contributed by atoms with E-state index in [1.165, 1.54) is 12.1 Å². The fourth-order valence-corrected chi connectivity index (χ4v) is 1.19. The molecule has 0 aliphatic rings. The van der Waals surface area contributed by atoms with Gasteiger partial charge in [0, 0.05) is 18.2 Å². The second kappa shape index (κ2) is 6.34. The van der Waals surface area contributed by atoms with Crippen LogP contribution in [-0.2, 0) is 0 Å². The summed E-state index contributed by atoms with van der Waals surface area (Å²) in [5.74, 6) is 0. The minimum absolute atomic E-state index is 0. The smallest absolute Gasteiger partial charge is 0.269 e. The highest BCUT2D eigenvalue weighted by molar-refractivity contribution is 5.85. The molecule has 1 rings (SSSR count). The van der Waals surface area contributed by atoms with Crippen LogP contribution in [0, 0.1) is 10.1 Å². The fourth-order valence-electron chi connectivity index (χ4n) is 1.19. The van der Waals surface area contributed by atoms with E-state index < -0.39 is 4.92 Å². The summed E-state index contributed by atoms with van der Waals surface area (Å²) in [5, 5.41) is 10.4. The van der Waals surface area contributed by atoms with Gasteiger partial charge in [-0.2, -0.15) is 0 Å². The van der Waals surface area contributed by atoms with E-state index in [0.29, 0.717) is 13.0 Å². The van der Waals surface area contributed by atoms with Crippen LogP contribution in [0.5, 0.6) is 0 Å². The van der Waals surface area contributed by atoms with Gasteiger partial charge in [-0.25, -0.2) is 0 Å². The SMILES string of the molecule is Cl.NCC[C@@H](N)c1ccc([N+](=O)[O-])cc1. The van der Waals surface area contributed by atoms with E-state index in [9.17, 15) is 10.1 Å². The van der Waals surface area contributed by atoms with Crippen molar-refractivity contribution in [3.05, 3.63) is 39.9 Å². The molecule has 0 heterocycles. The van der Waals surface area contributed by atoms with Crippen molar-refractivity contribution in [3.63, 3.8) is 0 Å². The monoisotopic (exact) mass is 231 g/mol. The number of benzene rings is 1. The lowest BCUT2D eigenvalue weighted by molar-refractivity contribution is -0.384. The summed E-state index contributed by atoms with van der Waals surface area (Å²) in [6.45, 7) is 0.512. The molecular weight excluding hydrogens is 218 g/mol. The van der Waals surface area contributed by atoms with Gasteiger partial charge >= 0.3 is 0 Å². The fraction of sp³-hybridized carbons (Fsp3) is 0.333. The molecule has 0 unspecified atom stereocenters. The molecule has 0 radical (unpaired) electrons. The van der Waals surface area contributed by atoms with E-state index in [-0.39, 0.29) is 24.1 Å². The van der Waals surface area contributed by atoms with Crippen LogP contribution in [0.3, 0.4) is 0 Å². The lowest BCUT2D eigenvalue weighted by atomic mass is 10.0. The number of nitrogens with zero attached hydrogens (tertiary/aromatic N) is 1. The summed E-state index contributed by atoms with van der Waals surface area (Å²) in [6.07, 6.45) is 0.678. The van der Waals surface area contributed by atoms with Gasteiger partial charge in [-0.3, -0.25) is 10.1 Å². The molecule has 0 fully saturated rings. The number of hydrogen-bond acceptors (Lipinski definition) is 4. The minimum Gasteiger partial charge on any atom is -0.330 e. The van der Waals surface area contributed by atoms with Gasteiger partial charge in [0.25, 0.3) is 5.69 Å². The Labute approximate surface area is 94.0 Å². The zero-order valence-electron chi connectivity index (χ0n) is 8.13. The van der Waals surface area contributed by atoms with Gasteiger partial charge in [0.1, 0.15) is 0 Å². The predicted molar refractivity (Wildman–Crippen MR) is 60.9 cm³/mol. The highest BCUT2D eigenvalue weighted by Gasteiger charge is 2.08. The molecule has 0 bridgehead atoms. The molecule has 4 N–H and O–H groups in total. The Morgan fingerprint density at radius 1 is 1.33 bits per heavy atom. The first-order valence-electron chi connectivity index (χ1n) is 4.35.